The molecular weight excluding hydrogens is 414 g/mol. The second-order valence-electron chi connectivity index (χ2n) is 6.86. The average molecular weight is 440 g/mol. The highest BCUT2D eigenvalue weighted by atomic mass is 32.1. The molecule has 0 aliphatic carbocycles. The Hall–Kier alpha value is -2.90. The number of ether oxygens (including phenoxy) is 1. The highest BCUT2D eigenvalue weighted by Gasteiger charge is 2.18. The third-order valence-electron chi connectivity index (χ3n) is 4.37. The van der Waals surface area contributed by atoms with Gasteiger partial charge < -0.3 is 20.3 Å². The van der Waals surface area contributed by atoms with E-state index in [1.165, 1.54) is 16.9 Å². The molecule has 0 spiro atoms. The Morgan fingerprint density at radius 2 is 1.77 bits per heavy atom. The highest BCUT2D eigenvalue weighted by molar-refractivity contribution is 7.80. The quantitative estimate of drug-likeness (QED) is 0.380. The van der Waals surface area contributed by atoms with Gasteiger partial charge in [0.1, 0.15) is 5.00 Å². The molecule has 7 heteroatoms. The first kappa shape index (κ1) is 21.8. The van der Waals surface area contributed by atoms with E-state index in [4.69, 9.17) is 17.0 Å². The molecule has 1 aromatic heterocycles. The topological polar surface area (TPSA) is 53.6 Å². The van der Waals surface area contributed by atoms with Gasteiger partial charge in [-0.3, -0.25) is 0 Å². The molecule has 156 valence electrons. The van der Waals surface area contributed by atoms with Crippen LogP contribution in [0.4, 0.5) is 16.4 Å². The van der Waals surface area contributed by atoms with Gasteiger partial charge in [-0.25, -0.2) is 4.79 Å². The number of thiocarbonyl (C=S) groups is 1. The number of nitrogens with one attached hydrogen (secondary N) is 2. The summed E-state index contributed by atoms with van der Waals surface area (Å²) in [7, 11) is 3.99. The van der Waals surface area contributed by atoms with Crippen LogP contribution in [0.2, 0.25) is 0 Å². The normalized spacial score (nSPS) is 10.4. The molecule has 2 aromatic carbocycles. The standard InChI is InChI=1S/C23H25N3O2S2/c1-4-28-22(27)20-15-19(14-16-8-6-5-7-9-16)30-21(20)25-23(29)24-17-10-12-18(13-11-17)26(2)3/h5-13,15H,4,14H2,1-3H3,(H2,24,25,29). The van der Waals surface area contributed by atoms with Crippen LogP contribution in [0.1, 0.15) is 27.7 Å². The van der Waals surface area contributed by atoms with Gasteiger partial charge in [-0.2, -0.15) is 0 Å². The van der Waals surface area contributed by atoms with Gasteiger partial charge in [-0.15, -0.1) is 11.3 Å². The summed E-state index contributed by atoms with van der Waals surface area (Å²) in [5, 5.41) is 7.44. The summed E-state index contributed by atoms with van der Waals surface area (Å²) in [6.45, 7) is 2.12. The largest absolute Gasteiger partial charge is 0.462 e. The van der Waals surface area contributed by atoms with Crippen molar-refractivity contribution in [3.8, 4) is 0 Å². The summed E-state index contributed by atoms with van der Waals surface area (Å²) in [5.74, 6) is -0.353. The lowest BCUT2D eigenvalue weighted by Crippen LogP contribution is -2.20. The molecular formula is C23H25N3O2S2. The van der Waals surface area contributed by atoms with Gasteiger partial charge in [0.15, 0.2) is 5.11 Å². The lowest BCUT2D eigenvalue weighted by Gasteiger charge is -2.14. The highest BCUT2D eigenvalue weighted by Crippen LogP contribution is 2.31. The molecule has 0 unspecified atom stereocenters. The molecule has 0 bridgehead atoms. The number of hydrogen-bond acceptors (Lipinski definition) is 5. The Bertz CT molecular complexity index is 999. The molecule has 0 saturated heterocycles. The minimum atomic E-state index is -0.353. The van der Waals surface area contributed by atoms with Crippen molar-refractivity contribution in [2.24, 2.45) is 0 Å². The minimum absolute atomic E-state index is 0.322. The van der Waals surface area contributed by atoms with E-state index in [-0.39, 0.29) is 5.97 Å². The van der Waals surface area contributed by atoms with Gasteiger partial charge in [0.25, 0.3) is 0 Å². The van der Waals surface area contributed by atoms with E-state index in [9.17, 15) is 4.79 Å². The molecule has 0 aliphatic rings. The fourth-order valence-corrected chi connectivity index (χ4v) is 4.26. The van der Waals surface area contributed by atoms with Crippen LogP contribution >= 0.6 is 23.6 Å². The number of carbonyl (C=O) groups excluding carboxylic acids is 1. The summed E-state index contributed by atoms with van der Waals surface area (Å²) < 4.78 is 5.23. The summed E-state index contributed by atoms with van der Waals surface area (Å²) in [5.41, 5.74) is 3.66. The van der Waals surface area contributed by atoms with Gasteiger partial charge in [-0.05, 0) is 55.0 Å². The second-order valence-corrected chi connectivity index (χ2v) is 8.40. The van der Waals surface area contributed by atoms with Crippen LogP contribution < -0.4 is 15.5 Å². The van der Waals surface area contributed by atoms with Crippen LogP contribution in [0.15, 0.2) is 60.7 Å². The molecule has 0 atom stereocenters. The molecule has 30 heavy (non-hydrogen) atoms. The Balaban J connectivity index is 1.75. The van der Waals surface area contributed by atoms with Crippen LogP contribution in [0.25, 0.3) is 0 Å². The Kier molecular flexibility index (Phi) is 7.43. The maximum atomic E-state index is 12.4. The number of esters is 1. The lowest BCUT2D eigenvalue weighted by atomic mass is 10.1. The number of anilines is 3. The predicted octanol–water partition coefficient (Wildman–Crippen LogP) is 5.39. The van der Waals surface area contributed by atoms with Crippen molar-refractivity contribution in [2.75, 3.05) is 36.2 Å². The summed E-state index contributed by atoms with van der Waals surface area (Å²) in [6.07, 6.45) is 0.742. The molecule has 0 aliphatic heterocycles. The van der Waals surface area contributed by atoms with Gasteiger partial charge >= 0.3 is 5.97 Å². The molecule has 1 heterocycles. The third-order valence-corrected chi connectivity index (χ3v) is 5.62. The molecule has 3 aromatic rings. The van der Waals surface area contributed by atoms with E-state index >= 15 is 0 Å². The molecule has 3 rings (SSSR count). The average Bonchev–Trinajstić information content (AvgIpc) is 3.11. The van der Waals surface area contributed by atoms with Crippen molar-refractivity contribution in [3.63, 3.8) is 0 Å². The molecule has 5 nitrogen and oxygen atoms in total. The van der Waals surface area contributed by atoms with Gasteiger partial charge in [0.05, 0.1) is 12.2 Å². The maximum absolute atomic E-state index is 12.4. The van der Waals surface area contributed by atoms with Crippen molar-refractivity contribution in [2.45, 2.75) is 13.3 Å². The first-order valence-electron chi connectivity index (χ1n) is 9.65. The van der Waals surface area contributed by atoms with Crippen molar-refractivity contribution >= 4 is 51.0 Å². The first-order valence-corrected chi connectivity index (χ1v) is 10.9. The predicted molar refractivity (Wildman–Crippen MR) is 130 cm³/mol. The van der Waals surface area contributed by atoms with Crippen LogP contribution in [0.5, 0.6) is 0 Å². The molecule has 0 fully saturated rings. The van der Waals surface area contributed by atoms with Crippen LogP contribution in [0.3, 0.4) is 0 Å². The number of hydrogen-bond donors (Lipinski definition) is 2. The lowest BCUT2D eigenvalue weighted by molar-refractivity contribution is 0.0528. The van der Waals surface area contributed by atoms with Gasteiger partial charge in [-0.1, -0.05) is 30.3 Å². The minimum Gasteiger partial charge on any atom is -0.462 e. The van der Waals surface area contributed by atoms with Crippen molar-refractivity contribution in [1.82, 2.24) is 0 Å². The number of thiophene rings is 1. The van der Waals surface area contributed by atoms with E-state index in [1.54, 1.807) is 6.92 Å². The number of rotatable bonds is 7. The molecule has 0 amide bonds. The fourth-order valence-electron chi connectivity index (χ4n) is 2.89. The molecule has 0 radical (unpaired) electrons. The van der Waals surface area contributed by atoms with Crippen LogP contribution in [-0.4, -0.2) is 31.8 Å². The first-order chi connectivity index (χ1) is 14.5. The van der Waals surface area contributed by atoms with E-state index in [2.05, 4.69) is 22.8 Å². The zero-order valence-corrected chi connectivity index (χ0v) is 18.9. The Morgan fingerprint density at radius 3 is 2.40 bits per heavy atom. The maximum Gasteiger partial charge on any atom is 0.341 e. The summed E-state index contributed by atoms with van der Waals surface area (Å²) in [4.78, 5) is 15.5. The van der Waals surface area contributed by atoms with Crippen molar-refractivity contribution in [3.05, 3.63) is 76.7 Å². The third kappa shape index (κ3) is 5.81. The monoisotopic (exact) mass is 439 g/mol. The smallest absolute Gasteiger partial charge is 0.341 e. The Labute approximate surface area is 186 Å². The zero-order chi connectivity index (χ0) is 21.5. The van der Waals surface area contributed by atoms with E-state index in [0.29, 0.717) is 22.3 Å². The number of carbonyl (C=O) groups is 1. The van der Waals surface area contributed by atoms with Crippen molar-refractivity contribution < 1.29 is 9.53 Å². The fraction of sp³-hybridized carbons (Fsp3) is 0.217. The van der Waals surface area contributed by atoms with Crippen LogP contribution in [0, 0.1) is 0 Å². The van der Waals surface area contributed by atoms with Gasteiger partial charge in [0, 0.05) is 36.8 Å². The van der Waals surface area contributed by atoms with E-state index in [0.717, 1.165) is 22.7 Å². The summed E-state index contributed by atoms with van der Waals surface area (Å²) in [6, 6.07) is 20.0. The zero-order valence-electron chi connectivity index (χ0n) is 17.3. The van der Waals surface area contributed by atoms with E-state index < -0.39 is 0 Å². The Morgan fingerprint density at radius 1 is 1.07 bits per heavy atom. The number of benzene rings is 2. The number of nitrogens with zero attached hydrogens (tertiary/aromatic N) is 1. The summed E-state index contributed by atoms with van der Waals surface area (Å²) >= 11 is 6.98. The van der Waals surface area contributed by atoms with E-state index in [1.807, 2.05) is 67.5 Å². The van der Waals surface area contributed by atoms with Crippen molar-refractivity contribution in [1.29, 1.82) is 0 Å². The molecule has 2 N–H and O–H groups in total. The van der Waals surface area contributed by atoms with Gasteiger partial charge in [0.2, 0.25) is 0 Å². The second kappa shape index (κ2) is 10.2. The molecule has 0 saturated carbocycles. The van der Waals surface area contributed by atoms with Crippen LogP contribution in [-0.2, 0) is 11.2 Å². The SMILES string of the molecule is CCOC(=O)c1cc(Cc2ccccc2)sc1NC(=S)Nc1ccc(N(C)C)cc1.